The highest BCUT2D eigenvalue weighted by Gasteiger charge is 2.25. The Balaban J connectivity index is 2.08. The molecule has 0 radical (unpaired) electrons. The van der Waals surface area contributed by atoms with Crippen LogP contribution in [0.2, 0.25) is 5.02 Å². The summed E-state index contributed by atoms with van der Waals surface area (Å²) in [4.78, 5) is 40.4. The Morgan fingerprint density at radius 1 is 1.10 bits per heavy atom. The molecule has 40 heavy (non-hydrogen) atoms. The van der Waals surface area contributed by atoms with E-state index in [9.17, 15) is 27.2 Å². The van der Waals surface area contributed by atoms with Crippen molar-refractivity contribution in [3.8, 4) is 16.2 Å². The molecule has 4 aromatic rings. The molecule has 0 fully saturated rings. The van der Waals surface area contributed by atoms with Gasteiger partial charge < -0.3 is 9.47 Å². The molecule has 10 nitrogen and oxygen atoms in total. The predicted octanol–water partition coefficient (Wildman–Crippen LogP) is 3.35. The molecule has 1 N–H and O–H groups in total. The first-order valence-corrected chi connectivity index (χ1v) is 15.0. The Hall–Kier alpha value is -3.52. The van der Waals surface area contributed by atoms with E-state index < -0.39 is 39.6 Å². The van der Waals surface area contributed by atoms with Crippen LogP contribution in [0.5, 0.6) is 5.75 Å². The third-order valence-corrected chi connectivity index (χ3v) is 8.32. The maximum atomic E-state index is 14.8. The fraction of sp³-hybridized carbons (Fsp3) is 0.269. The van der Waals surface area contributed by atoms with E-state index in [2.05, 4.69) is 4.72 Å². The first-order valence-electron chi connectivity index (χ1n) is 11.9. The lowest BCUT2D eigenvalue weighted by Crippen LogP contribution is -2.42. The third kappa shape index (κ3) is 6.12. The molecule has 2 heterocycles. The van der Waals surface area contributed by atoms with Crippen LogP contribution in [0, 0.1) is 5.82 Å². The van der Waals surface area contributed by atoms with Crippen LogP contribution in [0.4, 0.5) is 4.39 Å². The van der Waals surface area contributed by atoms with Gasteiger partial charge in [-0.25, -0.2) is 26.9 Å². The first kappa shape index (κ1) is 29.5. The fourth-order valence-electron chi connectivity index (χ4n) is 4.12. The zero-order valence-electron chi connectivity index (χ0n) is 21.7. The summed E-state index contributed by atoms with van der Waals surface area (Å²) in [5, 5.41) is 0.0671. The number of rotatable bonds is 10. The fourth-order valence-corrected chi connectivity index (χ4v) is 6.06. The Morgan fingerprint density at radius 2 is 1.80 bits per heavy atom. The summed E-state index contributed by atoms with van der Waals surface area (Å²) in [6.07, 6.45) is 0.976. The van der Waals surface area contributed by atoms with Crippen LogP contribution >= 0.6 is 22.9 Å². The van der Waals surface area contributed by atoms with Crippen molar-refractivity contribution in [2.24, 2.45) is 0 Å². The van der Waals surface area contributed by atoms with E-state index >= 15 is 0 Å². The Bertz CT molecular complexity index is 1790. The van der Waals surface area contributed by atoms with E-state index in [1.807, 2.05) is 0 Å². The molecule has 0 saturated carbocycles. The van der Waals surface area contributed by atoms with Crippen LogP contribution in [0.15, 0.2) is 52.1 Å². The highest BCUT2D eigenvalue weighted by Crippen LogP contribution is 2.38. The summed E-state index contributed by atoms with van der Waals surface area (Å²) >= 11 is 7.31. The van der Waals surface area contributed by atoms with Gasteiger partial charge in [0.1, 0.15) is 22.9 Å². The van der Waals surface area contributed by atoms with E-state index in [1.54, 1.807) is 31.2 Å². The van der Waals surface area contributed by atoms with Gasteiger partial charge in [-0.1, -0.05) is 17.7 Å². The average molecular weight is 610 g/mol. The first-order chi connectivity index (χ1) is 18.9. The zero-order valence-corrected chi connectivity index (χ0v) is 24.1. The molecule has 2 aromatic heterocycles. The standard InChI is InChI=1S/C26H25ClFN3O7S2/c1-4-38-21(32)14-30-24(33)22-17(12-29-40(3,35)36)23(15-8-10-16(37-2)11-9-15)39-25(22)31(26(30)34)13-18-19(27)6-5-7-20(18)28/h5-11,29H,4,12-14H2,1-3H3. The lowest BCUT2D eigenvalue weighted by molar-refractivity contribution is -0.143. The maximum Gasteiger partial charge on any atom is 0.332 e. The minimum absolute atomic E-state index is 0.00308. The minimum atomic E-state index is -3.69. The highest BCUT2D eigenvalue weighted by atomic mass is 35.5. The highest BCUT2D eigenvalue weighted by molar-refractivity contribution is 7.88. The van der Waals surface area contributed by atoms with Crippen molar-refractivity contribution in [2.75, 3.05) is 20.0 Å². The third-order valence-electron chi connectivity index (χ3n) is 5.99. The molecule has 212 valence electrons. The van der Waals surface area contributed by atoms with Gasteiger partial charge in [0, 0.05) is 27.6 Å². The van der Waals surface area contributed by atoms with Gasteiger partial charge in [0.25, 0.3) is 5.56 Å². The molecule has 14 heteroatoms. The van der Waals surface area contributed by atoms with E-state index in [0.29, 0.717) is 20.8 Å². The van der Waals surface area contributed by atoms with Crippen molar-refractivity contribution in [2.45, 2.75) is 26.6 Å². The van der Waals surface area contributed by atoms with Gasteiger partial charge >= 0.3 is 11.7 Å². The van der Waals surface area contributed by atoms with Gasteiger partial charge in [0.2, 0.25) is 10.0 Å². The molecular weight excluding hydrogens is 585 g/mol. The molecule has 0 unspecified atom stereocenters. The predicted molar refractivity (Wildman–Crippen MR) is 151 cm³/mol. The number of sulfonamides is 1. The van der Waals surface area contributed by atoms with Crippen LogP contribution in [0.1, 0.15) is 18.1 Å². The lowest BCUT2D eigenvalue weighted by atomic mass is 10.1. The molecule has 0 saturated heterocycles. The summed E-state index contributed by atoms with van der Waals surface area (Å²) in [7, 11) is -2.18. The van der Waals surface area contributed by atoms with Crippen LogP contribution in [0.25, 0.3) is 20.7 Å². The maximum absolute atomic E-state index is 14.8. The molecule has 4 rings (SSSR count). The molecule has 2 aromatic carbocycles. The van der Waals surface area contributed by atoms with Crippen molar-refractivity contribution < 1.29 is 27.1 Å². The van der Waals surface area contributed by atoms with Gasteiger partial charge in [-0.15, -0.1) is 11.3 Å². The largest absolute Gasteiger partial charge is 0.497 e. The second kappa shape index (κ2) is 11.9. The SMILES string of the molecule is CCOC(=O)Cn1c(=O)c2c(CNS(C)(=O)=O)c(-c3ccc(OC)cc3)sc2n(Cc2c(F)cccc2Cl)c1=O. The van der Waals surface area contributed by atoms with Crippen LogP contribution < -0.4 is 20.7 Å². The van der Waals surface area contributed by atoms with Gasteiger partial charge in [-0.3, -0.25) is 14.2 Å². The molecule has 0 spiro atoms. The lowest BCUT2D eigenvalue weighted by Gasteiger charge is -2.14. The molecule has 0 aliphatic carbocycles. The Morgan fingerprint density at radius 3 is 2.40 bits per heavy atom. The number of halogens is 2. The number of hydrogen-bond donors (Lipinski definition) is 1. The number of benzene rings is 2. The number of carbonyl (C=O) groups is 1. The smallest absolute Gasteiger partial charge is 0.332 e. The molecule has 0 aliphatic rings. The topological polar surface area (TPSA) is 126 Å². The van der Waals surface area contributed by atoms with Crippen molar-refractivity contribution >= 4 is 49.1 Å². The molecule has 0 atom stereocenters. The van der Waals surface area contributed by atoms with E-state index in [0.717, 1.165) is 22.2 Å². The number of aromatic nitrogens is 2. The number of nitrogens with one attached hydrogen (secondary N) is 1. The molecule has 0 bridgehead atoms. The zero-order chi connectivity index (χ0) is 29.2. The summed E-state index contributed by atoms with van der Waals surface area (Å²) < 4.78 is 53.3. The number of carbonyl (C=O) groups excluding carboxylic acids is 1. The monoisotopic (exact) mass is 609 g/mol. The Kier molecular flexibility index (Phi) is 8.78. The van der Waals surface area contributed by atoms with Gasteiger partial charge in [0.15, 0.2) is 0 Å². The van der Waals surface area contributed by atoms with Crippen molar-refractivity contribution in [1.82, 2.24) is 13.9 Å². The number of ether oxygens (including phenoxy) is 2. The number of fused-ring (bicyclic) bond motifs is 1. The van der Waals surface area contributed by atoms with E-state index in [-0.39, 0.29) is 46.1 Å². The number of hydrogen-bond acceptors (Lipinski definition) is 8. The van der Waals surface area contributed by atoms with Crippen molar-refractivity contribution in [3.05, 3.63) is 85.3 Å². The number of esters is 1. The average Bonchev–Trinajstić information content (AvgIpc) is 3.28. The van der Waals surface area contributed by atoms with Crippen molar-refractivity contribution in [3.63, 3.8) is 0 Å². The molecular formula is C26H25ClFN3O7S2. The van der Waals surface area contributed by atoms with Gasteiger partial charge in [-0.05, 0) is 48.9 Å². The van der Waals surface area contributed by atoms with Crippen LogP contribution in [-0.4, -0.2) is 43.5 Å². The normalized spacial score (nSPS) is 11.6. The minimum Gasteiger partial charge on any atom is -0.497 e. The second-order valence-electron chi connectivity index (χ2n) is 8.68. The van der Waals surface area contributed by atoms with Crippen LogP contribution in [-0.2, 0) is 39.2 Å². The van der Waals surface area contributed by atoms with E-state index in [1.165, 1.54) is 25.3 Å². The van der Waals surface area contributed by atoms with Crippen LogP contribution in [0.3, 0.4) is 0 Å². The number of thiophene rings is 1. The van der Waals surface area contributed by atoms with Crippen molar-refractivity contribution in [1.29, 1.82) is 0 Å². The van der Waals surface area contributed by atoms with Gasteiger partial charge in [-0.2, -0.15) is 0 Å². The number of methoxy groups -OCH3 is 1. The quantitative estimate of drug-likeness (QED) is 0.273. The molecule has 0 aliphatic heterocycles. The second-order valence-corrected chi connectivity index (χ2v) is 11.9. The summed E-state index contributed by atoms with van der Waals surface area (Å²) in [5.74, 6) is -0.914. The summed E-state index contributed by atoms with van der Waals surface area (Å²) in [6, 6.07) is 10.9. The molecule has 0 amide bonds. The Labute approximate surface area is 237 Å². The summed E-state index contributed by atoms with van der Waals surface area (Å²) in [5.41, 5.74) is -0.789. The van der Waals surface area contributed by atoms with E-state index in [4.69, 9.17) is 21.1 Å². The summed E-state index contributed by atoms with van der Waals surface area (Å²) in [6.45, 7) is 0.272. The number of nitrogens with zero attached hydrogens (tertiary/aromatic N) is 2. The van der Waals surface area contributed by atoms with Gasteiger partial charge in [0.05, 0.1) is 31.9 Å².